The van der Waals surface area contributed by atoms with E-state index in [1.165, 1.54) is 25.2 Å². The lowest BCUT2D eigenvalue weighted by molar-refractivity contribution is 0.332. The molecule has 3 heteroatoms. The van der Waals surface area contributed by atoms with E-state index in [0.717, 1.165) is 19.0 Å². The van der Waals surface area contributed by atoms with Gasteiger partial charge in [-0.25, -0.2) is 4.98 Å². The normalized spacial score (nSPS) is 22.2. The summed E-state index contributed by atoms with van der Waals surface area (Å²) in [7, 11) is 0. The minimum Gasteiger partial charge on any atom is -0.334 e. The number of rotatable bonds is 3. The van der Waals surface area contributed by atoms with Crippen molar-refractivity contribution in [3.8, 4) is 0 Å². The first-order chi connectivity index (χ1) is 7.27. The average Bonchev–Trinajstić information content (AvgIpc) is 2.67. The second kappa shape index (κ2) is 4.79. The monoisotopic (exact) mass is 207 g/mol. The van der Waals surface area contributed by atoms with Gasteiger partial charge in [-0.1, -0.05) is 13.8 Å². The summed E-state index contributed by atoms with van der Waals surface area (Å²) < 4.78 is 2.32. The number of imidazole rings is 1. The number of hydrogen-bond acceptors (Lipinski definition) is 2. The SMILES string of the molecule is CC(C)c1nccn1CC1CCCNC1. The molecule has 0 spiro atoms. The molecule has 1 aromatic rings. The Morgan fingerprint density at radius 3 is 3.13 bits per heavy atom. The van der Waals surface area contributed by atoms with Crippen molar-refractivity contribution in [3.05, 3.63) is 18.2 Å². The van der Waals surface area contributed by atoms with E-state index in [2.05, 4.69) is 34.9 Å². The predicted octanol–water partition coefficient (Wildman–Crippen LogP) is 2.01. The fraction of sp³-hybridized carbons (Fsp3) is 0.750. The molecule has 84 valence electrons. The van der Waals surface area contributed by atoms with Crippen molar-refractivity contribution >= 4 is 0 Å². The number of nitrogens with zero attached hydrogens (tertiary/aromatic N) is 2. The molecule has 0 bridgehead atoms. The van der Waals surface area contributed by atoms with Gasteiger partial charge in [-0.3, -0.25) is 0 Å². The lowest BCUT2D eigenvalue weighted by atomic mass is 9.99. The van der Waals surface area contributed by atoms with Crippen LogP contribution in [-0.2, 0) is 6.54 Å². The summed E-state index contributed by atoms with van der Waals surface area (Å²) in [4.78, 5) is 4.42. The minimum atomic E-state index is 0.525. The zero-order chi connectivity index (χ0) is 10.7. The van der Waals surface area contributed by atoms with Gasteiger partial charge in [0.2, 0.25) is 0 Å². The molecule has 1 aliphatic rings. The highest BCUT2D eigenvalue weighted by molar-refractivity contribution is 4.98. The third-order valence-corrected chi connectivity index (χ3v) is 3.12. The summed E-state index contributed by atoms with van der Waals surface area (Å²) in [5.41, 5.74) is 0. The molecule has 0 aromatic carbocycles. The molecule has 0 aliphatic carbocycles. The summed E-state index contributed by atoms with van der Waals surface area (Å²) in [5.74, 6) is 2.53. The zero-order valence-corrected chi connectivity index (χ0v) is 9.74. The smallest absolute Gasteiger partial charge is 0.111 e. The van der Waals surface area contributed by atoms with E-state index in [0.29, 0.717) is 5.92 Å². The molecule has 1 unspecified atom stereocenters. The van der Waals surface area contributed by atoms with Gasteiger partial charge in [-0.2, -0.15) is 0 Å². The molecule has 1 atom stereocenters. The topological polar surface area (TPSA) is 29.9 Å². The molecule has 0 saturated carbocycles. The van der Waals surface area contributed by atoms with E-state index in [4.69, 9.17) is 0 Å². The van der Waals surface area contributed by atoms with E-state index in [1.807, 2.05) is 6.20 Å². The first kappa shape index (κ1) is 10.7. The maximum absolute atomic E-state index is 4.42. The fourth-order valence-corrected chi connectivity index (χ4v) is 2.33. The van der Waals surface area contributed by atoms with Crippen LogP contribution in [0.5, 0.6) is 0 Å². The fourth-order valence-electron chi connectivity index (χ4n) is 2.33. The number of piperidine rings is 1. The summed E-state index contributed by atoms with van der Waals surface area (Å²) in [6, 6.07) is 0. The molecule has 1 N–H and O–H groups in total. The average molecular weight is 207 g/mol. The van der Waals surface area contributed by atoms with Crippen molar-refractivity contribution in [3.63, 3.8) is 0 Å². The van der Waals surface area contributed by atoms with Crippen LogP contribution in [0.15, 0.2) is 12.4 Å². The van der Waals surface area contributed by atoms with Crippen LogP contribution >= 0.6 is 0 Å². The molecular weight excluding hydrogens is 186 g/mol. The van der Waals surface area contributed by atoms with Crippen LogP contribution in [0.2, 0.25) is 0 Å². The molecule has 0 radical (unpaired) electrons. The van der Waals surface area contributed by atoms with Crippen LogP contribution in [0.3, 0.4) is 0 Å². The minimum absolute atomic E-state index is 0.525. The van der Waals surface area contributed by atoms with Gasteiger partial charge in [0.25, 0.3) is 0 Å². The Balaban J connectivity index is 1.99. The maximum Gasteiger partial charge on any atom is 0.111 e. The van der Waals surface area contributed by atoms with Crippen molar-refractivity contribution in [2.75, 3.05) is 13.1 Å². The summed E-state index contributed by atoms with van der Waals surface area (Å²) in [6.07, 6.45) is 6.70. The van der Waals surface area contributed by atoms with E-state index < -0.39 is 0 Å². The molecule has 1 aromatic heterocycles. The van der Waals surface area contributed by atoms with Gasteiger partial charge in [0.1, 0.15) is 5.82 Å². The Labute approximate surface area is 91.9 Å². The third-order valence-electron chi connectivity index (χ3n) is 3.12. The van der Waals surface area contributed by atoms with E-state index in [9.17, 15) is 0 Å². The Kier molecular flexibility index (Phi) is 3.41. The van der Waals surface area contributed by atoms with E-state index in [1.54, 1.807) is 0 Å². The third kappa shape index (κ3) is 2.59. The van der Waals surface area contributed by atoms with Gasteiger partial charge < -0.3 is 9.88 Å². The molecule has 2 rings (SSSR count). The van der Waals surface area contributed by atoms with Gasteiger partial charge in [0.05, 0.1) is 0 Å². The Morgan fingerprint density at radius 1 is 1.60 bits per heavy atom. The first-order valence-electron chi connectivity index (χ1n) is 5.99. The standard InChI is InChI=1S/C12H21N3/c1-10(2)12-14-6-7-15(12)9-11-4-3-5-13-8-11/h6-7,10-11,13H,3-5,8-9H2,1-2H3. The van der Waals surface area contributed by atoms with Gasteiger partial charge in [-0.05, 0) is 31.8 Å². The summed E-state index contributed by atoms with van der Waals surface area (Å²) in [5, 5.41) is 3.46. The van der Waals surface area contributed by atoms with Crippen molar-refractivity contribution in [2.24, 2.45) is 5.92 Å². The van der Waals surface area contributed by atoms with Crippen LogP contribution in [0, 0.1) is 5.92 Å². The van der Waals surface area contributed by atoms with E-state index >= 15 is 0 Å². The Bertz CT molecular complexity index is 298. The van der Waals surface area contributed by atoms with Gasteiger partial charge in [0, 0.05) is 24.9 Å². The molecule has 3 nitrogen and oxygen atoms in total. The lowest BCUT2D eigenvalue weighted by Gasteiger charge is -2.24. The largest absolute Gasteiger partial charge is 0.334 e. The highest BCUT2D eigenvalue weighted by Crippen LogP contribution is 2.17. The molecule has 1 aliphatic heterocycles. The van der Waals surface area contributed by atoms with Crippen LogP contribution in [-0.4, -0.2) is 22.6 Å². The van der Waals surface area contributed by atoms with Crippen LogP contribution in [0.1, 0.15) is 38.4 Å². The molecule has 1 fully saturated rings. The molecular formula is C12H21N3. The van der Waals surface area contributed by atoms with Gasteiger partial charge >= 0.3 is 0 Å². The second-order valence-corrected chi connectivity index (χ2v) is 4.80. The van der Waals surface area contributed by atoms with Crippen molar-refractivity contribution < 1.29 is 0 Å². The van der Waals surface area contributed by atoms with Gasteiger partial charge in [-0.15, -0.1) is 0 Å². The van der Waals surface area contributed by atoms with Crippen molar-refractivity contribution in [1.29, 1.82) is 0 Å². The summed E-state index contributed by atoms with van der Waals surface area (Å²) >= 11 is 0. The van der Waals surface area contributed by atoms with Crippen LogP contribution in [0.4, 0.5) is 0 Å². The van der Waals surface area contributed by atoms with E-state index in [-0.39, 0.29) is 0 Å². The van der Waals surface area contributed by atoms with Crippen molar-refractivity contribution in [1.82, 2.24) is 14.9 Å². The lowest BCUT2D eigenvalue weighted by Crippen LogP contribution is -2.32. The zero-order valence-electron chi connectivity index (χ0n) is 9.74. The molecule has 0 amide bonds. The highest BCUT2D eigenvalue weighted by Gasteiger charge is 2.15. The second-order valence-electron chi connectivity index (χ2n) is 4.80. The van der Waals surface area contributed by atoms with Crippen LogP contribution < -0.4 is 5.32 Å². The Hall–Kier alpha value is -0.830. The van der Waals surface area contributed by atoms with Gasteiger partial charge in [0.15, 0.2) is 0 Å². The maximum atomic E-state index is 4.42. The number of nitrogens with one attached hydrogen (secondary N) is 1. The number of hydrogen-bond donors (Lipinski definition) is 1. The number of aromatic nitrogens is 2. The van der Waals surface area contributed by atoms with Crippen molar-refractivity contribution in [2.45, 2.75) is 39.2 Å². The highest BCUT2D eigenvalue weighted by atomic mass is 15.1. The van der Waals surface area contributed by atoms with Crippen LogP contribution in [0.25, 0.3) is 0 Å². The molecule has 15 heavy (non-hydrogen) atoms. The predicted molar refractivity (Wildman–Crippen MR) is 61.9 cm³/mol. The quantitative estimate of drug-likeness (QED) is 0.821. The Morgan fingerprint density at radius 2 is 2.47 bits per heavy atom. The first-order valence-corrected chi connectivity index (χ1v) is 5.99. The summed E-state index contributed by atoms with van der Waals surface area (Å²) in [6.45, 7) is 7.89. The molecule has 1 saturated heterocycles. The molecule has 2 heterocycles.